The molecule has 8 heteroatoms. The highest BCUT2D eigenvalue weighted by atomic mass is 32.2. The van der Waals surface area contributed by atoms with E-state index in [1.807, 2.05) is 0 Å². The van der Waals surface area contributed by atoms with Crippen LogP contribution >= 0.6 is 0 Å². The van der Waals surface area contributed by atoms with Crippen molar-refractivity contribution in [2.24, 2.45) is 5.14 Å². The summed E-state index contributed by atoms with van der Waals surface area (Å²) in [5.41, 5.74) is 5.05. The third kappa shape index (κ3) is 2.28. The minimum absolute atomic E-state index is 0.0979. The van der Waals surface area contributed by atoms with Crippen LogP contribution in [0.3, 0.4) is 0 Å². The van der Waals surface area contributed by atoms with Gasteiger partial charge in [-0.3, -0.25) is 0 Å². The number of benzene rings is 1. The molecular formula is C8H9N3O3S2. The van der Waals surface area contributed by atoms with Crippen molar-refractivity contribution in [2.45, 2.75) is 9.79 Å². The lowest BCUT2D eigenvalue weighted by Gasteiger charge is -2.10. The first-order valence-electron chi connectivity index (χ1n) is 3.98. The summed E-state index contributed by atoms with van der Waals surface area (Å²) in [6.07, 6.45) is 1.33. The van der Waals surface area contributed by atoms with Crippen molar-refractivity contribution in [1.82, 2.24) is 0 Å². The van der Waals surface area contributed by atoms with Crippen LogP contribution in [0.2, 0.25) is 0 Å². The van der Waals surface area contributed by atoms with Crippen molar-refractivity contribution >= 4 is 26.9 Å². The zero-order valence-electron chi connectivity index (χ0n) is 8.30. The Morgan fingerprint density at radius 2 is 2.06 bits per heavy atom. The molecule has 0 saturated heterocycles. The molecule has 0 spiro atoms. The quantitative estimate of drug-likeness (QED) is 0.547. The van der Waals surface area contributed by atoms with E-state index in [0.29, 0.717) is 0 Å². The van der Waals surface area contributed by atoms with Gasteiger partial charge in [-0.2, -0.15) is 5.26 Å². The molecule has 0 aliphatic rings. The average molecular weight is 259 g/mol. The SMILES string of the molecule is C[S+]([O-])c1ccc(N)c(S(N)(=O)=O)c1C#N. The number of anilines is 1. The summed E-state index contributed by atoms with van der Waals surface area (Å²) in [7, 11) is -4.11. The van der Waals surface area contributed by atoms with Gasteiger partial charge in [0.2, 0.25) is 10.0 Å². The Bertz CT molecular complexity index is 561. The third-order valence-electron chi connectivity index (χ3n) is 1.86. The van der Waals surface area contributed by atoms with Gasteiger partial charge >= 0.3 is 0 Å². The van der Waals surface area contributed by atoms with Gasteiger partial charge in [0, 0.05) is 0 Å². The summed E-state index contributed by atoms with van der Waals surface area (Å²) < 4.78 is 33.8. The Balaban J connectivity index is 3.74. The van der Waals surface area contributed by atoms with Crippen LogP contribution in [0.1, 0.15) is 5.56 Å². The van der Waals surface area contributed by atoms with E-state index >= 15 is 0 Å². The first-order valence-corrected chi connectivity index (χ1v) is 7.08. The fraction of sp³-hybridized carbons (Fsp3) is 0.125. The summed E-state index contributed by atoms with van der Waals surface area (Å²) in [6, 6.07) is 4.27. The van der Waals surface area contributed by atoms with Crippen molar-refractivity contribution in [3.05, 3.63) is 17.7 Å². The van der Waals surface area contributed by atoms with Gasteiger partial charge in [-0.25, -0.2) is 13.6 Å². The number of nitrogens with zero attached hydrogens (tertiary/aromatic N) is 1. The smallest absolute Gasteiger partial charge is 0.241 e. The largest absolute Gasteiger partial charge is 0.612 e. The maximum absolute atomic E-state index is 11.3. The molecule has 0 saturated carbocycles. The molecule has 1 aromatic carbocycles. The molecule has 0 amide bonds. The van der Waals surface area contributed by atoms with Gasteiger partial charge in [-0.15, -0.1) is 0 Å². The molecule has 1 aromatic rings. The van der Waals surface area contributed by atoms with Gasteiger partial charge < -0.3 is 10.3 Å². The monoisotopic (exact) mass is 259 g/mol. The first-order chi connectivity index (χ1) is 7.29. The highest BCUT2D eigenvalue weighted by Gasteiger charge is 2.24. The van der Waals surface area contributed by atoms with Gasteiger partial charge in [-0.05, 0) is 23.3 Å². The summed E-state index contributed by atoms with van der Waals surface area (Å²) in [5, 5.41) is 13.8. The number of nitrogens with two attached hydrogens (primary N) is 2. The third-order valence-corrected chi connectivity index (χ3v) is 3.82. The Labute approximate surface area is 96.1 Å². The van der Waals surface area contributed by atoms with Crippen LogP contribution in [0.25, 0.3) is 0 Å². The summed E-state index contributed by atoms with van der Waals surface area (Å²) >= 11 is -1.49. The van der Waals surface area contributed by atoms with E-state index in [1.165, 1.54) is 18.4 Å². The van der Waals surface area contributed by atoms with Crippen LogP contribution in [0.4, 0.5) is 5.69 Å². The topological polar surface area (TPSA) is 133 Å². The van der Waals surface area contributed by atoms with Crippen LogP contribution in [0, 0.1) is 11.3 Å². The van der Waals surface area contributed by atoms with Crippen LogP contribution < -0.4 is 10.9 Å². The van der Waals surface area contributed by atoms with E-state index < -0.39 is 26.1 Å². The lowest BCUT2D eigenvalue weighted by molar-refractivity contribution is 0.596. The predicted molar refractivity (Wildman–Crippen MR) is 59.3 cm³/mol. The molecule has 0 heterocycles. The first kappa shape index (κ1) is 12.8. The number of rotatable bonds is 2. The average Bonchev–Trinajstić information content (AvgIpc) is 2.14. The Hall–Kier alpha value is -1.27. The zero-order valence-corrected chi connectivity index (χ0v) is 9.93. The van der Waals surface area contributed by atoms with E-state index in [0.717, 1.165) is 0 Å². The molecule has 1 unspecified atom stereocenters. The molecule has 4 N–H and O–H groups in total. The lowest BCUT2D eigenvalue weighted by atomic mass is 10.2. The van der Waals surface area contributed by atoms with Crippen molar-refractivity contribution in [3.8, 4) is 6.07 Å². The fourth-order valence-corrected chi connectivity index (χ4v) is 2.83. The van der Waals surface area contributed by atoms with E-state index in [9.17, 15) is 13.0 Å². The van der Waals surface area contributed by atoms with Gasteiger partial charge in [0.1, 0.15) is 22.8 Å². The minimum Gasteiger partial charge on any atom is -0.612 e. The summed E-state index contributed by atoms with van der Waals surface area (Å²) in [6.45, 7) is 0. The number of nitriles is 1. The van der Waals surface area contributed by atoms with Gasteiger partial charge in [0.25, 0.3) is 0 Å². The van der Waals surface area contributed by atoms with E-state index in [2.05, 4.69) is 0 Å². The van der Waals surface area contributed by atoms with Crippen LogP contribution in [-0.4, -0.2) is 19.2 Å². The highest BCUT2D eigenvalue weighted by molar-refractivity contribution is 7.91. The Morgan fingerprint density at radius 3 is 2.44 bits per heavy atom. The molecule has 6 nitrogen and oxygen atoms in total. The maximum Gasteiger partial charge on any atom is 0.241 e. The second-order valence-electron chi connectivity index (χ2n) is 2.97. The van der Waals surface area contributed by atoms with E-state index in [1.54, 1.807) is 6.07 Å². The molecule has 0 fully saturated rings. The number of nitrogen functional groups attached to an aromatic ring is 1. The van der Waals surface area contributed by atoms with Gasteiger partial charge in [0.15, 0.2) is 4.90 Å². The molecule has 0 bridgehead atoms. The molecule has 0 radical (unpaired) electrons. The van der Waals surface area contributed by atoms with E-state index in [4.69, 9.17) is 16.1 Å². The lowest BCUT2D eigenvalue weighted by Crippen LogP contribution is -2.18. The van der Waals surface area contributed by atoms with Crippen molar-refractivity contribution in [1.29, 1.82) is 5.26 Å². The standard InChI is InChI=1S/C8H9N3O3S2/c1-15(12)7-3-2-6(10)8(5(7)4-9)16(11,13)14/h2-3H,10H2,1H3,(H2,11,13,14). The molecule has 0 aliphatic heterocycles. The summed E-state index contributed by atoms with van der Waals surface area (Å²) in [5.74, 6) is 0. The maximum atomic E-state index is 11.3. The van der Waals surface area contributed by atoms with Gasteiger partial charge in [-0.1, -0.05) is 0 Å². The molecule has 86 valence electrons. The van der Waals surface area contributed by atoms with Crippen molar-refractivity contribution in [3.63, 3.8) is 0 Å². The molecule has 0 aliphatic carbocycles. The Morgan fingerprint density at radius 1 is 1.50 bits per heavy atom. The van der Waals surface area contributed by atoms with Gasteiger partial charge in [0.05, 0.1) is 5.69 Å². The number of primary sulfonamides is 1. The second kappa shape index (κ2) is 4.31. The van der Waals surface area contributed by atoms with Crippen molar-refractivity contribution in [2.75, 3.05) is 12.0 Å². The highest BCUT2D eigenvalue weighted by Crippen LogP contribution is 2.27. The Kier molecular flexibility index (Phi) is 3.44. The number of hydrogen-bond acceptors (Lipinski definition) is 5. The normalized spacial score (nSPS) is 13.1. The summed E-state index contributed by atoms with van der Waals surface area (Å²) in [4.78, 5) is -0.372. The van der Waals surface area contributed by atoms with Crippen LogP contribution in [0.5, 0.6) is 0 Å². The van der Waals surface area contributed by atoms with Crippen LogP contribution in [-0.2, 0) is 21.2 Å². The number of hydrogen-bond donors (Lipinski definition) is 2. The molecule has 1 rings (SSSR count). The molecule has 16 heavy (non-hydrogen) atoms. The second-order valence-corrected chi connectivity index (χ2v) is 5.81. The molecule has 0 aromatic heterocycles. The van der Waals surface area contributed by atoms with Crippen LogP contribution in [0.15, 0.2) is 21.9 Å². The fourth-order valence-electron chi connectivity index (χ4n) is 1.23. The predicted octanol–water partition coefficient (Wildman–Crippen LogP) is -0.475. The molecular weight excluding hydrogens is 250 g/mol. The minimum atomic E-state index is -4.11. The zero-order chi connectivity index (χ0) is 12.5. The number of sulfonamides is 1. The van der Waals surface area contributed by atoms with E-state index in [-0.39, 0.29) is 16.1 Å². The molecule has 1 atom stereocenters. The van der Waals surface area contributed by atoms with Crippen molar-refractivity contribution < 1.29 is 13.0 Å².